The molecule has 1 aromatic heterocycles. The topological polar surface area (TPSA) is 60.5 Å². The number of methoxy groups -OCH3 is 2. The minimum absolute atomic E-state index is 0.0578. The Hall–Kier alpha value is -2.82. The summed E-state index contributed by atoms with van der Waals surface area (Å²) < 4.78 is 10.7. The van der Waals surface area contributed by atoms with Crippen LogP contribution in [0.1, 0.15) is 21.5 Å². The molecule has 0 radical (unpaired) electrons. The molecule has 2 heterocycles. The summed E-state index contributed by atoms with van der Waals surface area (Å²) in [6.07, 6.45) is 5.72. The van der Waals surface area contributed by atoms with Crippen LogP contribution < -0.4 is 14.8 Å². The van der Waals surface area contributed by atoms with Crippen LogP contribution in [-0.4, -0.2) is 31.5 Å². The van der Waals surface area contributed by atoms with Gasteiger partial charge in [-0.1, -0.05) is 0 Å². The number of ketones is 1. The van der Waals surface area contributed by atoms with Crippen molar-refractivity contribution < 1.29 is 14.3 Å². The SMILES string of the molecule is COc1cc2c(cc1OC)C(=CC(=O)c1ccncc1)NCC2. The minimum atomic E-state index is -0.0578. The van der Waals surface area contributed by atoms with Crippen LogP contribution >= 0.6 is 0 Å². The summed E-state index contributed by atoms with van der Waals surface area (Å²) in [7, 11) is 3.22. The second kappa shape index (κ2) is 6.52. The molecule has 0 saturated heterocycles. The average molecular weight is 310 g/mol. The van der Waals surface area contributed by atoms with Crippen LogP contribution in [0.5, 0.6) is 11.5 Å². The van der Waals surface area contributed by atoms with E-state index in [1.54, 1.807) is 44.8 Å². The van der Waals surface area contributed by atoms with Crippen molar-refractivity contribution in [3.8, 4) is 11.5 Å². The highest BCUT2D eigenvalue weighted by atomic mass is 16.5. The quantitative estimate of drug-likeness (QED) is 0.694. The van der Waals surface area contributed by atoms with Gasteiger partial charge in [-0.2, -0.15) is 0 Å². The van der Waals surface area contributed by atoms with Gasteiger partial charge in [0.1, 0.15) is 0 Å². The molecule has 1 aliphatic heterocycles. The minimum Gasteiger partial charge on any atom is -0.493 e. The van der Waals surface area contributed by atoms with Crippen molar-refractivity contribution in [2.45, 2.75) is 6.42 Å². The first-order valence-corrected chi connectivity index (χ1v) is 7.38. The third kappa shape index (κ3) is 3.04. The Morgan fingerprint density at radius 1 is 1.17 bits per heavy atom. The van der Waals surface area contributed by atoms with Crippen LogP contribution in [0, 0.1) is 0 Å². The van der Waals surface area contributed by atoms with Crippen molar-refractivity contribution in [3.63, 3.8) is 0 Å². The first kappa shape index (κ1) is 15.1. The normalized spacial score (nSPS) is 14.8. The number of benzene rings is 1. The van der Waals surface area contributed by atoms with E-state index in [1.807, 2.05) is 12.1 Å². The van der Waals surface area contributed by atoms with E-state index < -0.39 is 0 Å². The predicted octanol–water partition coefficient (Wildman–Crippen LogP) is 2.47. The highest BCUT2D eigenvalue weighted by Crippen LogP contribution is 2.34. The molecule has 0 saturated carbocycles. The van der Waals surface area contributed by atoms with Crippen LogP contribution in [0.15, 0.2) is 42.7 Å². The van der Waals surface area contributed by atoms with E-state index in [9.17, 15) is 4.79 Å². The van der Waals surface area contributed by atoms with Gasteiger partial charge in [-0.25, -0.2) is 0 Å². The molecule has 3 rings (SSSR count). The lowest BCUT2D eigenvalue weighted by Gasteiger charge is -2.23. The number of pyridine rings is 1. The number of aromatic nitrogens is 1. The fourth-order valence-electron chi connectivity index (χ4n) is 2.67. The van der Waals surface area contributed by atoms with Gasteiger partial charge in [-0.15, -0.1) is 0 Å². The summed E-state index contributed by atoms with van der Waals surface area (Å²) in [4.78, 5) is 16.3. The molecule has 0 amide bonds. The first-order valence-electron chi connectivity index (χ1n) is 7.38. The predicted molar refractivity (Wildman–Crippen MR) is 87.8 cm³/mol. The summed E-state index contributed by atoms with van der Waals surface area (Å²) in [5, 5.41) is 3.29. The Morgan fingerprint density at radius 3 is 2.57 bits per heavy atom. The Balaban J connectivity index is 2.01. The van der Waals surface area contributed by atoms with Crippen molar-refractivity contribution in [2.24, 2.45) is 0 Å². The largest absolute Gasteiger partial charge is 0.493 e. The van der Waals surface area contributed by atoms with E-state index in [2.05, 4.69) is 10.3 Å². The highest BCUT2D eigenvalue weighted by molar-refractivity contribution is 6.08. The van der Waals surface area contributed by atoms with E-state index in [-0.39, 0.29) is 5.78 Å². The second-order valence-corrected chi connectivity index (χ2v) is 5.20. The van der Waals surface area contributed by atoms with Crippen molar-refractivity contribution in [2.75, 3.05) is 20.8 Å². The summed E-state index contributed by atoms with van der Waals surface area (Å²) in [6.45, 7) is 0.776. The maximum atomic E-state index is 12.4. The number of ether oxygens (including phenoxy) is 2. The molecule has 0 aliphatic carbocycles. The zero-order valence-electron chi connectivity index (χ0n) is 13.1. The Morgan fingerprint density at radius 2 is 1.87 bits per heavy atom. The molecule has 1 aliphatic rings. The molecule has 2 aromatic rings. The third-order valence-electron chi connectivity index (χ3n) is 3.85. The van der Waals surface area contributed by atoms with Gasteiger partial charge in [0.25, 0.3) is 0 Å². The Bertz CT molecular complexity index is 754. The van der Waals surface area contributed by atoms with Gasteiger partial charge < -0.3 is 14.8 Å². The van der Waals surface area contributed by atoms with Crippen LogP contribution in [0.25, 0.3) is 5.70 Å². The standard InChI is InChI=1S/C18H18N2O3/c1-22-17-9-13-5-8-20-15(14(13)10-18(17)23-2)11-16(21)12-3-6-19-7-4-12/h3-4,6-7,9-11,20H,5,8H2,1-2H3. The van der Waals surface area contributed by atoms with Crippen molar-refractivity contribution >= 4 is 11.5 Å². The van der Waals surface area contributed by atoms with Gasteiger partial charge in [0.05, 0.1) is 14.2 Å². The summed E-state index contributed by atoms with van der Waals surface area (Å²) >= 11 is 0. The van der Waals surface area contributed by atoms with E-state index in [0.717, 1.165) is 29.8 Å². The number of hydrogen-bond donors (Lipinski definition) is 1. The number of rotatable bonds is 4. The van der Waals surface area contributed by atoms with Gasteiger partial charge in [-0.05, 0) is 36.2 Å². The fraction of sp³-hybridized carbons (Fsp3) is 0.222. The molecule has 5 heteroatoms. The highest BCUT2D eigenvalue weighted by Gasteiger charge is 2.19. The molecule has 0 spiro atoms. The van der Waals surface area contributed by atoms with Gasteiger partial charge >= 0.3 is 0 Å². The molecule has 118 valence electrons. The van der Waals surface area contributed by atoms with Crippen LogP contribution in [0.3, 0.4) is 0 Å². The number of carbonyl (C=O) groups excluding carboxylic acids is 1. The monoisotopic (exact) mass is 310 g/mol. The Labute approximate surface area is 135 Å². The van der Waals surface area contributed by atoms with E-state index in [1.165, 1.54) is 0 Å². The van der Waals surface area contributed by atoms with E-state index >= 15 is 0 Å². The number of allylic oxidation sites excluding steroid dienone is 1. The van der Waals surface area contributed by atoms with E-state index in [0.29, 0.717) is 17.1 Å². The van der Waals surface area contributed by atoms with Crippen molar-refractivity contribution in [1.82, 2.24) is 10.3 Å². The molecule has 23 heavy (non-hydrogen) atoms. The molecule has 1 aromatic carbocycles. The summed E-state index contributed by atoms with van der Waals surface area (Å²) in [5.41, 5.74) is 3.52. The zero-order chi connectivity index (χ0) is 16.2. The van der Waals surface area contributed by atoms with Crippen LogP contribution in [0.2, 0.25) is 0 Å². The number of nitrogens with zero attached hydrogens (tertiary/aromatic N) is 1. The molecule has 0 unspecified atom stereocenters. The molecule has 5 nitrogen and oxygen atoms in total. The van der Waals surface area contributed by atoms with Gasteiger partial charge in [0, 0.05) is 41.8 Å². The first-order chi connectivity index (χ1) is 11.2. The lowest BCUT2D eigenvalue weighted by molar-refractivity contribution is 0.104. The molecular weight excluding hydrogens is 292 g/mol. The maximum absolute atomic E-state index is 12.4. The zero-order valence-corrected chi connectivity index (χ0v) is 13.1. The van der Waals surface area contributed by atoms with Gasteiger partial charge in [-0.3, -0.25) is 9.78 Å². The van der Waals surface area contributed by atoms with Crippen LogP contribution in [0.4, 0.5) is 0 Å². The molecule has 0 bridgehead atoms. The number of fused-ring (bicyclic) bond motifs is 1. The number of hydrogen-bond acceptors (Lipinski definition) is 5. The molecular formula is C18H18N2O3. The van der Waals surface area contributed by atoms with Crippen LogP contribution in [-0.2, 0) is 6.42 Å². The summed E-state index contributed by atoms with van der Waals surface area (Å²) in [6, 6.07) is 7.29. The smallest absolute Gasteiger partial charge is 0.188 e. The van der Waals surface area contributed by atoms with Crippen molar-refractivity contribution in [3.05, 3.63) is 59.4 Å². The molecule has 0 atom stereocenters. The Kier molecular flexibility index (Phi) is 4.28. The molecule has 0 fully saturated rings. The average Bonchev–Trinajstić information content (AvgIpc) is 2.61. The maximum Gasteiger partial charge on any atom is 0.188 e. The van der Waals surface area contributed by atoms with Gasteiger partial charge in [0.2, 0.25) is 0 Å². The lowest BCUT2D eigenvalue weighted by atomic mass is 9.96. The third-order valence-corrected chi connectivity index (χ3v) is 3.85. The lowest BCUT2D eigenvalue weighted by Crippen LogP contribution is -2.23. The van der Waals surface area contributed by atoms with Crippen molar-refractivity contribution in [1.29, 1.82) is 0 Å². The summed E-state index contributed by atoms with van der Waals surface area (Å²) in [5.74, 6) is 1.29. The number of carbonyl (C=O) groups is 1. The van der Waals surface area contributed by atoms with Gasteiger partial charge in [0.15, 0.2) is 17.3 Å². The molecule has 1 N–H and O–H groups in total. The number of nitrogens with one attached hydrogen (secondary N) is 1. The second-order valence-electron chi connectivity index (χ2n) is 5.20. The fourth-order valence-corrected chi connectivity index (χ4v) is 2.67. The van der Waals surface area contributed by atoms with E-state index in [4.69, 9.17) is 9.47 Å².